The quantitative estimate of drug-likeness (QED) is 0.673. The zero-order valence-electron chi connectivity index (χ0n) is 10.2. The first-order chi connectivity index (χ1) is 7.96. The fourth-order valence-electron chi connectivity index (χ4n) is 1.59. The van der Waals surface area contributed by atoms with Gasteiger partial charge in [0, 0.05) is 25.3 Å². The van der Waals surface area contributed by atoms with Crippen LogP contribution in [0.15, 0.2) is 16.7 Å². The van der Waals surface area contributed by atoms with Crippen LogP contribution < -0.4 is 5.32 Å². The first-order valence-corrected chi connectivity index (χ1v) is 5.57. The highest BCUT2D eigenvalue weighted by atomic mass is 16.4. The molecular weight excluding hydrogens is 222 g/mol. The molecule has 5 heteroatoms. The van der Waals surface area contributed by atoms with Gasteiger partial charge in [0.15, 0.2) is 0 Å². The van der Waals surface area contributed by atoms with E-state index in [1.165, 1.54) is 6.26 Å². The molecule has 0 aromatic carbocycles. The second-order valence-corrected chi connectivity index (χ2v) is 4.82. The summed E-state index contributed by atoms with van der Waals surface area (Å²) in [5.74, 6) is -1.07. The lowest BCUT2D eigenvalue weighted by atomic mass is 9.90. The minimum Gasteiger partial charge on any atom is -0.475 e. The van der Waals surface area contributed by atoms with Crippen LogP contribution in [0.4, 0.5) is 0 Å². The van der Waals surface area contributed by atoms with Gasteiger partial charge < -0.3 is 19.9 Å². The Hall–Kier alpha value is -1.33. The van der Waals surface area contributed by atoms with Gasteiger partial charge in [-0.1, -0.05) is 13.8 Å². The zero-order valence-corrected chi connectivity index (χ0v) is 10.2. The molecule has 0 bridgehead atoms. The van der Waals surface area contributed by atoms with E-state index in [1.54, 1.807) is 6.07 Å². The first-order valence-electron chi connectivity index (χ1n) is 5.57. The van der Waals surface area contributed by atoms with Crippen molar-refractivity contribution < 1.29 is 19.4 Å². The highest BCUT2D eigenvalue weighted by molar-refractivity contribution is 5.86. The van der Waals surface area contributed by atoms with Gasteiger partial charge >= 0.3 is 5.97 Å². The Labute approximate surface area is 100 Å². The van der Waals surface area contributed by atoms with Crippen LogP contribution in [0.1, 0.15) is 36.4 Å². The van der Waals surface area contributed by atoms with E-state index in [1.807, 2.05) is 13.8 Å². The molecule has 3 N–H and O–H groups in total. The van der Waals surface area contributed by atoms with E-state index in [0.29, 0.717) is 25.1 Å². The zero-order chi connectivity index (χ0) is 12.9. The number of furan rings is 1. The SMILES string of the molecule is CC(C)(CCO)CNCc1ccoc1C(=O)O. The lowest BCUT2D eigenvalue weighted by Gasteiger charge is -2.23. The van der Waals surface area contributed by atoms with Gasteiger partial charge in [0.05, 0.1) is 6.26 Å². The number of aromatic carboxylic acids is 1. The Morgan fingerprint density at radius 2 is 2.24 bits per heavy atom. The number of carbonyl (C=O) groups is 1. The summed E-state index contributed by atoms with van der Waals surface area (Å²) >= 11 is 0. The second-order valence-electron chi connectivity index (χ2n) is 4.82. The number of hydrogen-bond acceptors (Lipinski definition) is 4. The van der Waals surface area contributed by atoms with E-state index < -0.39 is 5.97 Å². The van der Waals surface area contributed by atoms with E-state index in [4.69, 9.17) is 14.6 Å². The van der Waals surface area contributed by atoms with Crippen LogP contribution in [-0.4, -0.2) is 29.3 Å². The average molecular weight is 241 g/mol. The molecule has 0 aliphatic heterocycles. The maximum Gasteiger partial charge on any atom is 0.372 e. The lowest BCUT2D eigenvalue weighted by molar-refractivity contribution is 0.0660. The Balaban J connectivity index is 2.46. The van der Waals surface area contributed by atoms with Gasteiger partial charge in [-0.05, 0) is 17.9 Å². The molecule has 1 heterocycles. The van der Waals surface area contributed by atoms with Gasteiger partial charge in [0.1, 0.15) is 0 Å². The van der Waals surface area contributed by atoms with E-state index in [9.17, 15) is 4.79 Å². The summed E-state index contributed by atoms with van der Waals surface area (Å²) in [4.78, 5) is 10.8. The van der Waals surface area contributed by atoms with E-state index in [-0.39, 0.29) is 17.8 Å². The highest BCUT2D eigenvalue weighted by Crippen LogP contribution is 2.18. The molecule has 0 aliphatic rings. The summed E-state index contributed by atoms with van der Waals surface area (Å²) in [6.07, 6.45) is 2.08. The van der Waals surface area contributed by atoms with Crippen LogP contribution in [0.25, 0.3) is 0 Å². The number of rotatable bonds is 7. The largest absolute Gasteiger partial charge is 0.475 e. The van der Waals surface area contributed by atoms with Crippen molar-refractivity contribution >= 4 is 5.97 Å². The molecule has 0 fully saturated rings. The molecule has 5 nitrogen and oxygen atoms in total. The predicted octanol–water partition coefficient (Wildman–Crippen LogP) is 1.48. The summed E-state index contributed by atoms with van der Waals surface area (Å²) in [7, 11) is 0. The summed E-state index contributed by atoms with van der Waals surface area (Å²) in [6.45, 7) is 5.40. The molecule has 0 radical (unpaired) electrons. The van der Waals surface area contributed by atoms with Crippen LogP contribution in [0.5, 0.6) is 0 Å². The van der Waals surface area contributed by atoms with Gasteiger partial charge in [-0.2, -0.15) is 0 Å². The minimum absolute atomic E-state index is 0.0120. The van der Waals surface area contributed by atoms with Crippen molar-refractivity contribution in [1.29, 1.82) is 0 Å². The van der Waals surface area contributed by atoms with Crippen LogP contribution >= 0.6 is 0 Å². The summed E-state index contributed by atoms with van der Waals surface area (Å²) in [5.41, 5.74) is 0.624. The van der Waals surface area contributed by atoms with Crippen molar-refractivity contribution in [2.45, 2.75) is 26.8 Å². The van der Waals surface area contributed by atoms with Crippen LogP contribution in [0.2, 0.25) is 0 Å². The predicted molar refractivity (Wildman–Crippen MR) is 62.9 cm³/mol. The molecule has 0 amide bonds. The minimum atomic E-state index is -1.05. The molecule has 0 spiro atoms. The summed E-state index contributed by atoms with van der Waals surface area (Å²) < 4.78 is 4.88. The smallest absolute Gasteiger partial charge is 0.372 e. The molecule has 0 aliphatic carbocycles. The van der Waals surface area contributed by atoms with Crippen molar-refractivity contribution in [1.82, 2.24) is 5.32 Å². The number of hydrogen-bond donors (Lipinski definition) is 3. The molecule has 1 rings (SSSR count). The Kier molecular flexibility index (Phi) is 4.72. The van der Waals surface area contributed by atoms with E-state index in [2.05, 4.69) is 5.32 Å². The van der Waals surface area contributed by atoms with Crippen molar-refractivity contribution in [3.63, 3.8) is 0 Å². The monoisotopic (exact) mass is 241 g/mol. The van der Waals surface area contributed by atoms with E-state index in [0.717, 1.165) is 0 Å². The van der Waals surface area contributed by atoms with Crippen LogP contribution in [0.3, 0.4) is 0 Å². The number of aliphatic hydroxyl groups excluding tert-OH is 1. The Morgan fingerprint density at radius 3 is 2.82 bits per heavy atom. The second kappa shape index (κ2) is 5.84. The van der Waals surface area contributed by atoms with Crippen LogP contribution in [0, 0.1) is 5.41 Å². The number of nitrogens with one attached hydrogen (secondary N) is 1. The van der Waals surface area contributed by atoms with Crippen LogP contribution in [-0.2, 0) is 6.54 Å². The molecule has 0 saturated carbocycles. The van der Waals surface area contributed by atoms with Gasteiger partial charge in [0.2, 0.25) is 5.76 Å². The Bertz CT molecular complexity index is 370. The van der Waals surface area contributed by atoms with Gasteiger partial charge in [-0.3, -0.25) is 0 Å². The van der Waals surface area contributed by atoms with Gasteiger partial charge in [0.25, 0.3) is 0 Å². The highest BCUT2D eigenvalue weighted by Gasteiger charge is 2.18. The van der Waals surface area contributed by atoms with Gasteiger partial charge in [-0.15, -0.1) is 0 Å². The van der Waals surface area contributed by atoms with Gasteiger partial charge in [-0.25, -0.2) is 4.79 Å². The van der Waals surface area contributed by atoms with Crippen molar-refractivity contribution in [2.24, 2.45) is 5.41 Å². The fraction of sp³-hybridized carbons (Fsp3) is 0.583. The topological polar surface area (TPSA) is 82.7 Å². The third-order valence-electron chi connectivity index (χ3n) is 2.65. The third-order valence-corrected chi connectivity index (χ3v) is 2.65. The summed E-state index contributed by atoms with van der Waals surface area (Å²) in [6, 6.07) is 1.65. The molecule has 17 heavy (non-hydrogen) atoms. The number of carboxylic acids is 1. The van der Waals surface area contributed by atoms with Crippen molar-refractivity contribution in [2.75, 3.05) is 13.2 Å². The number of aliphatic hydroxyl groups is 1. The molecule has 0 unspecified atom stereocenters. The normalized spacial score (nSPS) is 11.7. The molecule has 0 atom stereocenters. The molecular formula is C12H19NO4. The van der Waals surface area contributed by atoms with E-state index >= 15 is 0 Å². The fourth-order valence-corrected chi connectivity index (χ4v) is 1.59. The average Bonchev–Trinajstić information content (AvgIpc) is 2.65. The third kappa shape index (κ3) is 4.20. The number of carboxylic acid groups (broad SMARTS) is 1. The standard InChI is InChI=1S/C12H19NO4/c1-12(2,4-5-14)8-13-7-9-3-6-17-10(9)11(15)16/h3,6,13-14H,4-5,7-8H2,1-2H3,(H,15,16). The summed E-state index contributed by atoms with van der Waals surface area (Å²) in [5, 5.41) is 20.9. The first kappa shape index (κ1) is 13.7. The maximum atomic E-state index is 10.8. The molecule has 0 saturated heterocycles. The maximum absolute atomic E-state index is 10.8. The molecule has 1 aromatic rings. The van der Waals surface area contributed by atoms with Crippen molar-refractivity contribution in [3.05, 3.63) is 23.7 Å². The lowest BCUT2D eigenvalue weighted by Crippen LogP contribution is -2.30. The molecule has 1 aromatic heterocycles. The molecule has 96 valence electrons. The van der Waals surface area contributed by atoms with Crippen molar-refractivity contribution in [3.8, 4) is 0 Å². The Morgan fingerprint density at radius 1 is 1.53 bits per heavy atom.